The Kier molecular flexibility index (Phi) is 5.00. The Bertz CT molecular complexity index is 1890. The molecule has 1 aromatic heterocycles. The number of nitrogens with zero attached hydrogens (tertiary/aromatic N) is 1. The van der Waals surface area contributed by atoms with Crippen molar-refractivity contribution in [2.75, 3.05) is 0 Å². The first-order chi connectivity index (χ1) is 17.7. The summed E-state index contributed by atoms with van der Waals surface area (Å²) in [6.45, 7) is 0. The van der Waals surface area contributed by atoms with E-state index in [1.54, 1.807) is 0 Å². The maximum Gasteiger partial charge on any atom is 0.0541 e. The summed E-state index contributed by atoms with van der Waals surface area (Å²) in [5.41, 5.74) is 8.52. The van der Waals surface area contributed by atoms with Crippen molar-refractivity contribution in [3.63, 3.8) is 0 Å². The molecule has 0 amide bonds. The van der Waals surface area contributed by atoms with Gasteiger partial charge in [0, 0.05) is 20.9 Å². The average molecular weight is 524 g/mol. The number of para-hydroxylation sites is 1. The van der Waals surface area contributed by atoms with Gasteiger partial charge in [0.2, 0.25) is 0 Å². The molecule has 2 heteroatoms. The van der Waals surface area contributed by atoms with Crippen LogP contribution in [0.15, 0.2) is 138 Å². The molecule has 7 aromatic rings. The fourth-order valence-corrected chi connectivity index (χ4v) is 5.53. The molecule has 36 heavy (non-hydrogen) atoms. The Morgan fingerprint density at radius 1 is 0.417 bits per heavy atom. The largest absolute Gasteiger partial charge is 0.309 e. The minimum Gasteiger partial charge on any atom is -0.309 e. The zero-order valence-electron chi connectivity index (χ0n) is 19.5. The van der Waals surface area contributed by atoms with E-state index in [2.05, 4.69) is 154 Å². The topological polar surface area (TPSA) is 4.93 Å². The molecule has 0 aliphatic rings. The molecule has 0 saturated heterocycles. The van der Waals surface area contributed by atoms with Crippen molar-refractivity contribution < 1.29 is 0 Å². The number of aromatic nitrogens is 1. The van der Waals surface area contributed by atoms with Crippen molar-refractivity contribution in [1.82, 2.24) is 4.57 Å². The van der Waals surface area contributed by atoms with Gasteiger partial charge in [0.1, 0.15) is 0 Å². The van der Waals surface area contributed by atoms with E-state index >= 15 is 0 Å². The second-order valence-electron chi connectivity index (χ2n) is 9.20. The van der Waals surface area contributed by atoms with Crippen LogP contribution in [0.5, 0.6) is 0 Å². The van der Waals surface area contributed by atoms with Gasteiger partial charge in [-0.25, -0.2) is 0 Å². The molecule has 170 valence electrons. The van der Waals surface area contributed by atoms with Gasteiger partial charge in [0.05, 0.1) is 11.0 Å². The van der Waals surface area contributed by atoms with Crippen LogP contribution in [0, 0.1) is 0 Å². The van der Waals surface area contributed by atoms with Crippen LogP contribution in [0.2, 0.25) is 0 Å². The third-order valence-electron chi connectivity index (χ3n) is 7.04. The molecule has 6 aromatic carbocycles. The molecule has 0 bridgehead atoms. The Balaban J connectivity index is 1.41. The van der Waals surface area contributed by atoms with Gasteiger partial charge in [-0.2, -0.15) is 0 Å². The smallest absolute Gasteiger partial charge is 0.0541 e. The molecule has 0 spiro atoms. The van der Waals surface area contributed by atoms with Gasteiger partial charge < -0.3 is 4.57 Å². The van der Waals surface area contributed by atoms with Crippen molar-refractivity contribution in [3.8, 4) is 27.9 Å². The highest BCUT2D eigenvalue weighted by Gasteiger charge is 2.13. The number of hydrogen-bond donors (Lipinski definition) is 0. The lowest BCUT2D eigenvalue weighted by Gasteiger charge is -2.10. The average Bonchev–Trinajstić information content (AvgIpc) is 3.27. The Morgan fingerprint density at radius 3 is 1.94 bits per heavy atom. The van der Waals surface area contributed by atoms with Crippen molar-refractivity contribution >= 4 is 48.5 Å². The van der Waals surface area contributed by atoms with Crippen LogP contribution in [0.4, 0.5) is 0 Å². The first kappa shape index (κ1) is 21.2. The van der Waals surface area contributed by atoms with Crippen LogP contribution < -0.4 is 0 Å². The molecule has 0 aliphatic heterocycles. The minimum atomic E-state index is 1.09. The molecule has 0 unspecified atom stereocenters. The minimum absolute atomic E-state index is 1.09. The van der Waals surface area contributed by atoms with Crippen molar-refractivity contribution in [2.24, 2.45) is 0 Å². The van der Waals surface area contributed by atoms with Gasteiger partial charge in [-0.3, -0.25) is 0 Å². The zero-order chi connectivity index (χ0) is 24.1. The number of hydrogen-bond acceptors (Lipinski definition) is 0. The van der Waals surface area contributed by atoms with E-state index in [1.165, 1.54) is 60.5 Å². The van der Waals surface area contributed by atoms with Crippen LogP contribution >= 0.6 is 15.9 Å². The summed E-state index contributed by atoms with van der Waals surface area (Å²) in [4.78, 5) is 0. The number of fused-ring (bicyclic) bond motifs is 4. The maximum atomic E-state index is 3.54. The first-order valence-electron chi connectivity index (χ1n) is 12.1. The van der Waals surface area contributed by atoms with Crippen molar-refractivity contribution in [2.45, 2.75) is 0 Å². The summed E-state index contributed by atoms with van der Waals surface area (Å²) in [6, 6.07) is 48.2. The third-order valence-corrected chi connectivity index (χ3v) is 7.57. The zero-order valence-corrected chi connectivity index (χ0v) is 21.1. The quantitative estimate of drug-likeness (QED) is 0.217. The Hall–Kier alpha value is -4.14. The van der Waals surface area contributed by atoms with E-state index in [-0.39, 0.29) is 0 Å². The number of rotatable bonds is 3. The van der Waals surface area contributed by atoms with Crippen LogP contribution in [0.25, 0.3) is 60.5 Å². The summed E-state index contributed by atoms with van der Waals surface area (Å²) in [5, 5.41) is 5.05. The lowest BCUT2D eigenvalue weighted by molar-refractivity contribution is 1.19. The third kappa shape index (κ3) is 3.54. The van der Waals surface area contributed by atoms with E-state index in [0.29, 0.717) is 0 Å². The van der Waals surface area contributed by atoms with Gasteiger partial charge in [-0.05, 0) is 81.6 Å². The SMILES string of the molecule is Brc1ccc(-c2cccc(-c3ccc4c(c3)c3ccccc3n4-c3ccc4ccccc4c3)c2)cc1. The van der Waals surface area contributed by atoms with Gasteiger partial charge in [0.25, 0.3) is 0 Å². The Morgan fingerprint density at radius 2 is 1.08 bits per heavy atom. The fraction of sp³-hybridized carbons (Fsp3) is 0. The normalized spacial score (nSPS) is 11.5. The summed E-state index contributed by atoms with van der Waals surface area (Å²) in [5.74, 6) is 0. The number of halogens is 1. The van der Waals surface area contributed by atoms with Crippen LogP contribution in [-0.2, 0) is 0 Å². The molecule has 0 saturated carbocycles. The van der Waals surface area contributed by atoms with Gasteiger partial charge in [-0.15, -0.1) is 0 Å². The van der Waals surface area contributed by atoms with E-state index in [4.69, 9.17) is 0 Å². The highest BCUT2D eigenvalue weighted by Crippen LogP contribution is 2.36. The molecule has 0 N–H and O–H groups in total. The molecule has 1 nitrogen and oxygen atoms in total. The lowest BCUT2D eigenvalue weighted by atomic mass is 9.98. The van der Waals surface area contributed by atoms with E-state index < -0.39 is 0 Å². The van der Waals surface area contributed by atoms with E-state index in [1.807, 2.05) is 0 Å². The predicted molar refractivity (Wildman–Crippen MR) is 157 cm³/mol. The van der Waals surface area contributed by atoms with Crippen LogP contribution in [0.3, 0.4) is 0 Å². The highest BCUT2D eigenvalue weighted by atomic mass is 79.9. The molecular weight excluding hydrogens is 502 g/mol. The molecule has 7 rings (SSSR count). The summed E-state index contributed by atoms with van der Waals surface area (Å²) in [6.07, 6.45) is 0. The van der Waals surface area contributed by atoms with E-state index in [9.17, 15) is 0 Å². The standard InChI is InChI=1S/C34H22BrN/c35-29-16-12-24(13-17-29)25-8-5-9-26(20-25)28-15-19-34-32(22-28)31-10-3-4-11-33(31)36(34)30-18-14-23-6-1-2-7-27(23)21-30/h1-22H. The van der Waals surface area contributed by atoms with Crippen LogP contribution in [0.1, 0.15) is 0 Å². The number of benzene rings is 6. The van der Waals surface area contributed by atoms with Crippen molar-refractivity contribution in [3.05, 3.63) is 138 Å². The molecule has 0 radical (unpaired) electrons. The summed E-state index contributed by atoms with van der Waals surface area (Å²) >= 11 is 3.54. The molecule has 0 atom stereocenters. The lowest BCUT2D eigenvalue weighted by Crippen LogP contribution is -1.93. The Labute approximate surface area is 218 Å². The predicted octanol–water partition coefficient (Wildman–Crippen LogP) is 10.0. The fourth-order valence-electron chi connectivity index (χ4n) is 5.27. The van der Waals surface area contributed by atoms with Gasteiger partial charge in [-0.1, -0.05) is 101 Å². The van der Waals surface area contributed by atoms with Crippen LogP contribution in [-0.4, -0.2) is 4.57 Å². The van der Waals surface area contributed by atoms with E-state index in [0.717, 1.165) is 4.47 Å². The summed E-state index contributed by atoms with van der Waals surface area (Å²) < 4.78 is 3.48. The second kappa shape index (κ2) is 8.51. The van der Waals surface area contributed by atoms with Gasteiger partial charge in [0.15, 0.2) is 0 Å². The maximum absolute atomic E-state index is 3.54. The second-order valence-corrected chi connectivity index (χ2v) is 10.1. The molecule has 0 aliphatic carbocycles. The molecular formula is C34H22BrN. The molecule has 0 fully saturated rings. The monoisotopic (exact) mass is 523 g/mol. The van der Waals surface area contributed by atoms with Crippen molar-refractivity contribution in [1.29, 1.82) is 0 Å². The van der Waals surface area contributed by atoms with Gasteiger partial charge >= 0.3 is 0 Å². The first-order valence-corrected chi connectivity index (χ1v) is 12.9. The summed E-state index contributed by atoms with van der Waals surface area (Å²) in [7, 11) is 0. The highest BCUT2D eigenvalue weighted by molar-refractivity contribution is 9.10. The molecule has 1 heterocycles.